The van der Waals surface area contributed by atoms with Gasteiger partial charge in [-0.25, -0.2) is 4.39 Å². The zero-order valence-corrected chi connectivity index (χ0v) is 29.3. The van der Waals surface area contributed by atoms with E-state index in [1.807, 2.05) is 36.5 Å². The van der Waals surface area contributed by atoms with Gasteiger partial charge >= 0.3 is 0 Å². The first kappa shape index (κ1) is 33.2. The third-order valence-corrected chi connectivity index (χ3v) is 10.4. The Morgan fingerprint density at radius 3 is 2.56 bits per heavy atom. The lowest BCUT2D eigenvalue weighted by molar-refractivity contribution is -0.138. The van der Waals surface area contributed by atoms with Crippen molar-refractivity contribution in [1.82, 2.24) is 29.8 Å². The molecule has 0 radical (unpaired) electrons. The number of aromatic nitrogens is 5. The SMILES string of the molecule is CN=CC(=CN)c1cc(Nc2nc(Nc3ccc4nccnc4c3P(C)C)c3cc[nH]c3n2)c(OC)cc1N1CCN(C(=O)C2(F)CC2)CC1. The molecule has 13 nitrogen and oxygen atoms in total. The van der Waals surface area contributed by atoms with E-state index in [0.717, 1.165) is 38.7 Å². The van der Waals surface area contributed by atoms with Gasteiger partial charge in [-0.15, -0.1) is 0 Å². The van der Waals surface area contributed by atoms with Crippen LogP contribution in [0.25, 0.3) is 27.6 Å². The maximum atomic E-state index is 14.5. The smallest absolute Gasteiger partial charge is 0.260 e. The van der Waals surface area contributed by atoms with Crippen LogP contribution >= 0.6 is 7.92 Å². The van der Waals surface area contributed by atoms with Gasteiger partial charge in [0.25, 0.3) is 5.91 Å². The number of alkyl halides is 1. The number of hydrogen-bond donors (Lipinski definition) is 4. The molecule has 0 atom stereocenters. The van der Waals surface area contributed by atoms with Gasteiger partial charge in [0.05, 0.1) is 29.2 Å². The minimum atomic E-state index is -1.68. The fourth-order valence-electron chi connectivity index (χ4n) is 6.34. The van der Waals surface area contributed by atoms with E-state index in [1.54, 1.807) is 37.7 Å². The third-order valence-electron chi connectivity index (χ3n) is 9.03. The summed E-state index contributed by atoms with van der Waals surface area (Å²) in [5.41, 5.74) is 10.7. The summed E-state index contributed by atoms with van der Waals surface area (Å²) in [7, 11) is 2.74. The number of piperazine rings is 1. The first-order valence-electron chi connectivity index (χ1n) is 16.3. The van der Waals surface area contributed by atoms with Gasteiger partial charge < -0.3 is 35.9 Å². The molecule has 7 rings (SSSR count). The lowest BCUT2D eigenvalue weighted by atomic mass is 10.0. The molecule has 0 unspecified atom stereocenters. The summed E-state index contributed by atoms with van der Waals surface area (Å²) in [6.07, 6.45) is 9.05. The van der Waals surface area contributed by atoms with E-state index >= 15 is 0 Å². The van der Waals surface area contributed by atoms with Crippen LogP contribution in [0.2, 0.25) is 0 Å². The molecule has 2 aromatic carbocycles. The molecule has 2 fully saturated rings. The maximum Gasteiger partial charge on any atom is 0.260 e. The van der Waals surface area contributed by atoms with Gasteiger partial charge in [0.2, 0.25) is 5.95 Å². The Morgan fingerprint density at radius 2 is 1.86 bits per heavy atom. The largest absolute Gasteiger partial charge is 0.494 e. The van der Waals surface area contributed by atoms with Gasteiger partial charge in [0, 0.05) is 98.1 Å². The molecule has 0 spiro atoms. The second-order valence-electron chi connectivity index (χ2n) is 12.5. The van der Waals surface area contributed by atoms with E-state index in [-0.39, 0.29) is 0 Å². The van der Waals surface area contributed by atoms with Crippen molar-refractivity contribution >= 4 is 81.8 Å². The molecule has 5 N–H and O–H groups in total. The van der Waals surface area contributed by atoms with Crippen molar-refractivity contribution < 1.29 is 13.9 Å². The highest BCUT2D eigenvalue weighted by Gasteiger charge is 2.53. The second-order valence-corrected chi connectivity index (χ2v) is 14.7. The van der Waals surface area contributed by atoms with Crippen LogP contribution < -0.4 is 31.3 Å². The maximum absolute atomic E-state index is 14.5. The minimum absolute atomic E-state index is 0.305. The molecular formula is C35H39FN11O2P. The van der Waals surface area contributed by atoms with Gasteiger partial charge in [-0.3, -0.25) is 19.8 Å². The summed E-state index contributed by atoms with van der Waals surface area (Å²) in [6, 6.07) is 9.77. The molecule has 1 saturated carbocycles. The van der Waals surface area contributed by atoms with Crippen molar-refractivity contribution in [3.63, 3.8) is 0 Å². The molecule has 50 heavy (non-hydrogen) atoms. The normalized spacial score (nSPS) is 16.1. The number of nitrogens with one attached hydrogen (secondary N) is 3. The fourth-order valence-corrected chi connectivity index (χ4v) is 7.55. The van der Waals surface area contributed by atoms with Crippen molar-refractivity contribution in [2.75, 3.05) is 69.2 Å². The van der Waals surface area contributed by atoms with Crippen LogP contribution in [0.4, 0.5) is 33.2 Å². The highest BCUT2D eigenvalue weighted by Crippen LogP contribution is 2.43. The van der Waals surface area contributed by atoms with Gasteiger partial charge in [0.15, 0.2) is 5.67 Å². The number of fused-ring (bicyclic) bond motifs is 2. The van der Waals surface area contributed by atoms with E-state index in [0.29, 0.717) is 73.4 Å². The van der Waals surface area contributed by atoms with Crippen LogP contribution in [0.5, 0.6) is 5.75 Å². The zero-order chi connectivity index (χ0) is 35.0. The summed E-state index contributed by atoms with van der Waals surface area (Å²) in [6.45, 7) is 6.26. The molecule has 2 aliphatic rings. The van der Waals surface area contributed by atoms with Crippen LogP contribution in [0.15, 0.2) is 60.1 Å². The van der Waals surface area contributed by atoms with Crippen molar-refractivity contribution in [2.45, 2.75) is 18.5 Å². The molecular weight excluding hydrogens is 656 g/mol. The first-order chi connectivity index (χ1) is 24.2. The van der Waals surface area contributed by atoms with E-state index < -0.39 is 19.5 Å². The van der Waals surface area contributed by atoms with Gasteiger partial charge in [-0.1, -0.05) is 7.92 Å². The Balaban J connectivity index is 1.24. The summed E-state index contributed by atoms with van der Waals surface area (Å²) in [5.74, 6) is 1.10. The zero-order valence-electron chi connectivity index (χ0n) is 28.4. The Hall–Kier alpha value is -5.36. The molecule has 4 heterocycles. The lowest BCUT2D eigenvalue weighted by Crippen LogP contribution is -2.51. The Kier molecular flexibility index (Phi) is 8.96. The van der Waals surface area contributed by atoms with E-state index in [9.17, 15) is 9.18 Å². The number of carbonyl (C=O) groups excluding carboxylic acids is 1. The number of carbonyl (C=O) groups is 1. The van der Waals surface area contributed by atoms with Crippen LogP contribution in [0.1, 0.15) is 18.4 Å². The third kappa shape index (κ3) is 6.26. The highest BCUT2D eigenvalue weighted by atomic mass is 31.1. The number of nitrogens with zero attached hydrogens (tertiary/aromatic N) is 7. The number of aromatic amines is 1. The molecule has 1 saturated heterocycles. The minimum Gasteiger partial charge on any atom is -0.494 e. The number of methoxy groups -OCH3 is 1. The van der Waals surface area contributed by atoms with Crippen molar-refractivity contribution in [3.05, 3.63) is 60.7 Å². The molecule has 3 aromatic heterocycles. The predicted octanol–water partition coefficient (Wildman–Crippen LogP) is 4.91. The molecule has 5 aromatic rings. The Labute approximate surface area is 290 Å². The molecule has 1 aliphatic heterocycles. The summed E-state index contributed by atoms with van der Waals surface area (Å²) < 4.78 is 20.4. The number of halogens is 1. The average molecular weight is 696 g/mol. The van der Waals surface area contributed by atoms with Gasteiger partial charge in [-0.05, 0) is 50.4 Å². The highest BCUT2D eigenvalue weighted by molar-refractivity contribution is 7.65. The number of H-pyrrole nitrogens is 1. The van der Waals surface area contributed by atoms with E-state index in [4.69, 9.17) is 20.4 Å². The number of benzene rings is 2. The summed E-state index contributed by atoms with van der Waals surface area (Å²) in [4.78, 5) is 42.8. The van der Waals surface area contributed by atoms with Gasteiger partial charge in [0.1, 0.15) is 17.2 Å². The number of hydrogen-bond acceptors (Lipinski definition) is 11. The number of rotatable bonds is 10. The van der Waals surface area contributed by atoms with Crippen molar-refractivity contribution in [2.24, 2.45) is 10.7 Å². The van der Waals surface area contributed by atoms with Crippen LogP contribution in [0.3, 0.4) is 0 Å². The molecule has 0 bridgehead atoms. The number of nitrogens with two attached hydrogens (primary N) is 1. The predicted molar refractivity (Wildman–Crippen MR) is 200 cm³/mol. The second kappa shape index (κ2) is 13.5. The first-order valence-corrected chi connectivity index (χ1v) is 18.6. The lowest BCUT2D eigenvalue weighted by Gasteiger charge is -2.38. The number of amides is 1. The quantitative estimate of drug-likeness (QED) is 0.117. The molecule has 258 valence electrons. The number of anilines is 5. The van der Waals surface area contributed by atoms with Crippen LogP contribution in [-0.2, 0) is 4.79 Å². The average Bonchev–Trinajstić information content (AvgIpc) is 3.70. The van der Waals surface area contributed by atoms with E-state index in [2.05, 4.69) is 48.8 Å². The van der Waals surface area contributed by atoms with Crippen molar-refractivity contribution in [1.29, 1.82) is 0 Å². The standard InChI is InChI=1S/C35H39FN11O2P/c1-38-20-21(19-37)23-17-26(28(49-2)18-27(23)46-13-15-47(16-14-46)33(48)35(36)8-9-35)43-34-44-31-22(7-10-41-31)32(45-34)42-25-6-5-24-29(30(25)50(3)4)40-12-11-39-24/h5-7,10-12,17-20H,8-9,13-16,37H2,1-4H3,(H3,41,42,43,44,45). The van der Waals surface area contributed by atoms with E-state index in [1.165, 1.54) is 6.20 Å². The topological polar surface area (TPSA) is 163 Å². The van der Waals surface area contributed by atoms with Crippen LogP contribution in [0, 0.1) is 0 Å². The summed E-state index contributed by atoms with van der Waals surface area (Å²) >= 11 is 0. The van der Waals surface area contributed by atoms with Crippen molar-refractivity contribution in [3.8, 4) is 5.75 Å². The van der Waals surface area contributed by atoms with Crippen LogP contribution in [-0.4, -0.2) is 101 Å². The monoisotopic (exact) mass is 695 g/mol. The fraction of sp³-hybridized carbons (Fsp3) is 0.314. The van der Waals surface area contributed by atoms with Gasteiger partial charge in [-0.2, -0.15) is 9.97 Å². The number of aliphatic imine (C=N–C) groups is 1. The molecule has 1 amide bonds. The molecule has 15 heteroatoms. The number of ether oxygens (including phenoxy) is 1. The Morgan fingerprint density at radius 1 is 1.08 bits per heavy atom. The molecule has 1 aliphatic carbocycles. The number of allylic oxidation sites excluding steroid dienone is 1. The Bertz CT molecular complexity index is 2140. The summed E-state index contributed by atoms with van der Waals surface area (Å²) in [5, 5.41) is 8.88.